The topological polar surface area (TPSA) is 52.6 Å². The Balaban J connectivity index is 2.71. The first-order valence-corrected chi connectivity index (χ1v) is 6.02. The second-order valence-electron chi connectivity index (χ2n) is 5.66. The van der Waals surface area contributed by atoms with E-state index in [1.165, 1.54) is 0 Å². The van der Waals surface area contributed by atoms with Gasteiger partial charge < -0.3 is 15.3 Å². The van der Waals surface area contributed by atoms with Gasteiger partial charge in [-0.05, 0) is 18.3 Å². The van der Waals surface area contributed by atoms with E-state index in [1.807, 2.05) is 0 Å². The number of hydrogen-bond acceptors (Lipinski definition) is 2. The van der Waals surface area contributed by atoms with Crippen LogP contribution in [0.15, 0.2) is 0 Å². The van der Waals surface area contributed by atoms with Crippen molar-refractivity contribution in [2.45, 2.75) is 45.7 Å². The highest BCUT2D eigenvalue weighted by Crippen LogP contribution is 2.31. The molecule has 0 aromatic carbocycles. The summed E-state index contributed by atoms with van der Waals surface area (Å²) in [4.78, 5) is 12.8. The van der Waals surface area contributed by atoms with Crippen LogP contribution in [0.1, 0.15) is 33.6 Å². The first-order valence-electron chi connectivity index (χ1n) is 6.02. The van der Waals surface area contributed by atoms with Gasteiger partial charge in [-0.15, -0.1) is 6.42 Å². The van der Waals surface area contributed by atoms with Gasteiger partial charge in [0, 0.05) is 18.6 Å². The Hall–Kier alpha value is -1.21. The lowest BCUT2D eigenvalue weighted by molar-refractivity contribution is 0.0490. The van der Waals surface area contributed by atoms with Crippen LogP contribution in [0, 0.1) is 17.8 Å². The lowest BCUT2D eigenvalue weighted by Gasteiger charge is -2.44. The van der Waals surface area contributed by atoms with Gasteiger partial charge >= 0.3 is 6.09 Å². The summed E-state index contributed by atoms with van der Waals surface area (Å²) in [5.74, 6) is 2.56. The van der Waals surface area contributed by atoms with Gasteiger partial charge in [0.2, 0.25) is 0 Å². The standard InChI is InChI=1S/C13H22N2O2/c1-5-7-14-10-6-8-15(12(16)17)11(9-10)13(2,3)4/h1,10-11,14H,6-9H2,2-4H3,(H,16,17). The Morgan fingerprint density at radius 2 is 2.24 bits per heavy atom. The molecule has 0 bridgehead atoms. The van der Waals surface area contributed by atoms with Gasteiger partial charge in [-0.2, -0.15) is 0 Å². The summed E-state index contributed by atoms with van der Waals surface area (Å²) in [7, 11) is 0. The third-order valence-corrected chi connectivity index (χ3v) is 3.34. The molecule has 0 spiro atoms. The largest absolute Gasteiger partial charge is 0.465 e. The van der Waals surface area contributed by atoms with Crippen LogP contribution in [-0.2, 0) is 0 Å². The third-order valence-electron chi connectivity index (χ3n) is 3.34. The monoisotopic (exact) mass is 238 g/mol. The van der Waals surface area contributed by atoms with E-state index < -0.39 is 6.09 Å². The normalized spacial score (nSPS) is 25.4. The predicted molar refractivity (Wildman–Crippen MR) is 67.8 cm³/mol. The fraction of sp³-hybridized carbons (Fsp3) is 0.769. The molecule has 2 unspecified atom stereocenters. The SMILES string of the molecule is C#CCNC1CCN(C(=O)O)C(C(C)(C)C)C1. The van der Waals surface area contributed by atoms with Crippen molar-refractivity contribution in [3.8, 4) is 12.3 Å². The van der Waals surface area contributed by atoms with Crippen molar-refractivity contribution in [2.75, 3.05) is 13.1 Å². The molecule has 96 valence electrons. The lowest BCUT2D eigenvalue weighted by Crippen LogP contribution is -2.55. The number of rotatable bonds is 2. The molecule has 1 aliphatic heterocycles. The number of hydrogen-bond donors (Lipinski definition) is 2. The third kappa shape index (κ3) is 3.64. The average molecular weight is 238 g/mol. The van der Waals surface area contributed by atoms with Crippen molar-refractivity contribution < 1.29 is 9.90 Å². The first kappa shape index (κ1) is 13.9. The molecule has 1 aliphatic rings. The minimum Gasteiger partial charge on any atom is -0.465 e. The summed E-state index contributed by atoms with van der Waals surface area (Å²) in [5.41, 5.74) is -0.0467. The van der Waals surface area contributed by atoms with Crippen molar-refractivity contribution in [1.82, 2.24) is 10.2 Å². The van der Waals surface area contributed by atoms with Crippen molar-refractivity contribution in [1.29, 1.82) is 0 Å². The summed E-state index contributed by atoms with van der Waals surface area (Å²) in [6, 6.07) is 0.370. The number of terminal acetylenes is 1. The van der Waals surface area contributed by atoms with E-state index in [-0.39, 0.29) is 11.5 Å². The Kier molecular flexibility index (Phi) is 4.41. The molecule has 2 atom stereocenters. The van der Waals surface area contributed by atoms with Gasteiger partial charge in [0.05, 0.1) is 6.54 Å². The van der Waals surface area contributed by atoms with Crippen LogP contribution in [0.4, 0.5) is 4.79 Å². The summed E-state index contributed by atoms with van der Waals surface area (Å²) in [5, 5.41) is 12.5. The van der Waals surface area contributed by atoms with Crippen molar-refractivity contribution in [3.05, 3.63) is 0 Å². The predicted octanol–water partition coefficient (Wildman–Crippen LogP) is 1.77. The second-order valence-corrected chi connectivity index (χ2v) is 5.66. The van der Waals surface area contributed by atoms with Crippen LogP contribution >= 0.6 is 0 Å². The van der Waals surface area contributed by atoms with Crippen LogP contribution in [-0.4, -0.2) is 41.3 Å². The second kappa shape index (κ2) is 5.42. The van der Waals surface area contributed by atoms with Gasteiger partial charge in [-0.3, -0.25) is 0 Å². The van der Waals surface area contributed by atoms with E-state index in [2.05, 4.69) is 32.0 Å². The van der Waals surface area contributed by atoms with Gasteiger partial charge in [0.1, 0.15) is 0 Å². The Labute approximate surface area is 103 Å². The fourth-order valence-electron chi connectivity index (χ4n) is 2.40. The molecule has 4 nitrogen and oxygen atoms in total. The Bertz CT molecular complexity index is 314. The van der Waals surface area contributed by atoms with Crippen molar-refractivity contribution >= 4 is 6.09 Å². The summed E-state index contributed by atoms with van der Waals surface area (Å²) in [6.45, 7) is 7.37. The molecular formula is C13H22N2O2. The van der Waals surface area contributed by atoms with Gasteiger partial charge in [0.15, 0.2) is 0 Å². The first-order chi connectivity index (χ1) is 7.86. The molecule has 0 aromatic heterocycles. The molecular weight excluding hydrogens is 216 g/mol. The zero-order chi connectivity index (χ0) is 13.1. The maximum absolute atomic E-state index is 11.2. The summed E-state index contributed by atoms with van der Waals surface area (Å²) >= 11 is 0. The molecule has 17 heavy (non-hydrogen) atoms. The minimum absolute atomic E-state index is 0.0454. The van der Waals surface area contributed by atoms with Crippen molar-refractivity contribution in [3.63, 3.8) is 0 Å². The quantitative estimate of drug-likeness (QED) is 0.721. The highest BCUT2D eigenvalue weighted by atomic mass is 16.4. The van der Waals surface area contributed by atoms with Crippen LogP contribution < -0.4 is 5.32 Å². The van der Waals surface area contributed by atoms with Gasteiger partial charge in [0.25, 0.3) is 0 Å². The van der Waals surface area contributed by atoms with Gasteiger partial charge in [-0.1, -0.05) is 26.7 Å². The Morgan fingerprint density at radius 1 is 1.59 bits per heavy atom. The maximum Gasteiger partial charge on any atom is 0.407 e. The molecule has 2 N–H and O–H groups in total. The lowest BCUT2D eigenvalue weighted by atomic mass is 9.79. The number of carboxylic acid groups (broad SMARTS) is 1. The number of nitrogens with one attached hydrogen (secondary N) is 1. The van der Waals surface area contributed by atoms with E-state index in [9.17, 15) is 9.90 Å². The number of nitrogens with zero attached hydrogens (tertiary/aromatic N) is 1. The molecule has 1 rings (SSSR count). The van der Waals surface area contributed by atoms with Crippen molar-refractivity contribution in [2.24, 2.45) is 5.41 Å². The zero-order valence-corrected chi connectivity index (χ0v) is 10.9. The number of piperidine rings is 1. The van der Waals surface area contributed by atoms with Crippen LogP contribution in [0.3, 0.4) is 0 Å². The fourth-order valence-corrected chi connectivity index (χ4v) is 2.40. The maximum atomic E-state index is 11.2. The highest BCUT2D eigenvalue weighted by Gasteiger charge is 2.38. The van der Waals surface area contributed by atoms with E-state index in [0.717, 1.165) is 12.8 Å². The zero-order valence-electron chi connectivity index (χ0n) is 10.9. The summed E-state index contributed by atoms with van der Waals surface area (Å²) < 4.78 is 0. The van der Waals surface area contributed by atoms with Crippen LogP contribution in [0.25, 0.3) is 0 Å². The number of carbonyl (C=O) groups is 1. The molecule has 0 aromatic rings. The highest BCUT2D eigenvalue weighted by molar-refractivity contribution is 5.65. The molecule has 1 fully saturated rings. The van der Waals surface area contributed by atoms with E-state index in [0.29, 0.717) is 19.1 Å². The molecule has 0 aliphatic carbocycles. The van der Waals surface area contributed by atoms with E-state index in [4.69, 9.17) is 6.42 Å². The number of amides is 1. The van der Waals surface area contributed by atoms with E-state index >= 15 is 0 Å². The summed E-state index contributed by atoms with van der Waals surface area (Å²) in [6.07, 6.45) is 6.07. The number of likely N-dealkylation sites (tertiary alicyclic amines) is 1. The molecule has 1 heterocycles. The molecule has 4 heteroatoms. The smallest absolute Gasteiger partial charge is 0.407 e. The van der Waals surface area contributed by atoms with Crippen LogP contribution in [0.5, 0.6) is 0 Å². The average Bonchev–Trinajstić information content (AvgIpc) is 2.24. The Morgan fingerprint density at radius 3 is 2.71 bits per heavy atom. The molecule has 0 saturated carbocycles. The van der Waals surface area contributed by atoms with E-state index in [1.54, 1.807) is 4.90 Å². The molecule has 0 radical (unpaired) electrons. The molecule has 1 saturated heterocycles. The van der Waals surface area contributed by atoms with Gasteiger partial charge in [-0.25, -0.2) is 4.79 Å². The minimum atomic E-state index is -0.819. The van der Waals surface area contributed by atoms with Crippen LogP contribution in [0.2, 0.25) is 0 Å². The molecule has 1 amide bonds.